The normalized spacial score (nSPS) is 9.95. The molecule has 0 radical (unpaired) electrons. The topological polar surface area (TPSA) is 35.8 Å². The van der Waals surface area contributed by atoms with Gasteiger partial charge in [0.25, 0.3) is 0 Å². The predicted molar refractivity (Wildman–Crippen MR) is 69.4 cm³/mol. The van der Waals surface area contributed by atoms with Gasteiger partial charge in [0.2, 0.25) is 0 Å². The van der Waals surface area contributed by atoms with Gasteiger partial charge in [0, 0.05) is 23.9 Å². The molecule has 2 aromatic carbocycles. The van der Waals surface area contributed by atoms with Crippen LogP contribution in [-0.2, 0) is 13.0 Å². The first-order valence-corrected chi connectivity index (χ1v) is 5.83. The van der Waals surface area contributed by atoms with Crippen LogP contribution < -0.4 is 5.32 Å². The summed E-state index contributed by atoms with van der Waals surface area (Å²) in [6, 6.07) is 12.9. The smallest absolute Gasteiger partial charge is 0.131 e. The van der Waals surface area contributed by atoms with Crippen LogP contribution in [0.25, 0.3) is 0 Å². The highest BCUT2D eigenvalue weighted by Gasteiger charge is 2.03. The Hall–Kier alpha value is -2.41. The highest BCUT2D eigenvalue weighted by Crippen LogP contribution is 2.14. The Labute approximate surface area is 110 Å². The van der Waals surface area contributed by atoms with Gasteiger partial charge >= 0.3 is 0 Å². The van der Waals surface area contributed by atoms with Crippen molar-refractivity contribution in [1.29, 1.82) is 5.26 Å². The van der Waals surface area contributed by atoms with Crippen molar-refractivity contribution in [3.05, 3.63) is 65.2 Å². The lowest BCUT2D eigenvalue weighted by atomic mass is 10.1. The van der Waals surface area contributed by atoms with Gasteiger partial charge in [-0.25, -0.2) is 8.78 Å². The van der Waals surface area contributed by atoms with Gasteiger partial charge in [-0.05, 0) is 23.8 Å². The third kappa shape index (κ3) is 3.52. The monoisotopic (exact) mass is 258 g/mol. The lowest BCUT2D eigenvalue weighted by Crippen LogP contribution is -2.02. The van der Waals surface area contributed by atoms with Crippen molar-refractivity contribution in [2.45, 2.75) is 13.0 Å². The zero-order chi connectivity index (χ0) is 13.7. The van der Waals surface area contributed by atoms with Crippen LogP contribution in [0.3, 0.4) is 0 Å². The number of nitrogens with zero attached hydrogens (tertiary/aromatic N) is 1. The quantitative estimate of drug-likeness (QED) is 0.908. The van der Waals surface area contributed by atoms with Crippen molar-refractivity contribution in [1.82, 2.24) is 0 Å². The maximum Gasteiger partial charge on any atom is 0.131 e. The summed E-state index contributed by atoms with van der Waals surface area (Å²) >= 11 is 0. The van der Waals surface area contributed by atoms with Crippen molar-refractivity contribution in [2.75, 3.05) is 5.32 Å². The number of nitrogens with one attached hydrogen (secondary N) is 1. The van der Waals surface area contributed by atoms with E-state index in [-0.39, 0.29) is 6.54 Å². The highest BCUT2D eigenvalue weighted by molar-refractivity contribution is 5.45. The Morgan fingerprint density at radius 3 is 2.42 bits per heavy atom. The molecular weight excluding hydrogens is 246 g/mol. The SMILES string of the molecule is N#CCc1ccc(NCc2ccc(F)cc2F)cc1. The first kappa shape index (κ1) is 13.0. The zero-order valence-electron chi connectivity index (χ0n) is 10.2. The van der Waals surface area contributed by atoms with Crippen molar-refractivity contribution in [2.24, 2.45) is 0 Å². The summed E-state index contributed by atoms with van der Waals surface area (Å²) in [4.78, 5) is 0. The molecular formula is C15H12F2N2. The average Bonchev–Trinajstić information content (AvgIpc) is 2.40. The van der Waals surface area contributed by atoms with Crippen LogP contribution in [-0.4, -0.2) is 0 Å². The van der Waals surface area contributed by atoms with E-state index in [4.69, 9.17) is 5.26 Å². The van der Waals surface area contributed by atoms with Crippen molar-refractivity contribution >= 4 is 5.69 Å². The largest absolute Gasteiger partial charge is 0.381 e. The minimum absolute atomic E-state index is 0.281. The van der Waals surface area contributed by atoms with Gasteiger partial charge in [0.05, 0.1) is 12.5 Å². The van der Waals surface area contributed by atoms with Gasteiger partial charge in [-0.3, -0.25) is 0 Å². The van der Waals surface area contributed by atoms with E-state index in [9.17, 15) is 8.78 Å². The van der Waals surface area contributed by atoms with Crippen molar-refractivity contribution < 1.29 is 8.78 Å². The predicted octanol–water partition coefficient (Wildman–Crippen LogP) is 3.64. The minimum atomic E-state index is -0.581. The molecule has 0 spiro atoms. The van der Waals surface area contributed by atoms with E-state index in [1.807, 2.05) is 24.3 Å². The fourth-order valence-corrected chi connectivity index (χ4v) is 1.69. The molecule has 4 heteroatoms. The lowest BCUT2D eigenvalue weighted by molar-refractivity contribution is 0.574. The fourth-order valence-electron chi connectivity index (χ4n) is 1.69. The van der Waals surface area contributed by atoms with Crippen LogP contribution in [0.15, 0.2) is 42.5 Å². The maximum atomic E-state index is 13.4. The first-order valence-electron chi connectivity index (χ1n) is 5.83. The van der Waals surface area contributed by atoms with E-state index in [2.05, 4.69) is 11.4 Å². The standard InChI is InChI=1S/C15H12F2N2/c16-13-4-3-12(15(17)9-13)10-19-14-5-1-11(2-6-14)7-8-18/h1-6,9,19H,7,10H2. The highest BCUT2D eigenvalue weighted by atomic mass is 19.1. The van der Waals surface area contributed by atoms with Crippen LogP contribution in [0.5, 0.6) is 0 Å². The number of hydrogen-bond donors (Lipinski definition) is 1. The molecule has 0 atom stereocenters. The molecule has 0 aromatic heterocycles. The number of benzene rings is 2. The molecule has 0 bridgehead atoms. The number of nitriles is 1. The minimum Gasteiger partial charge on any atom is -0.381 e. The number of rotatable bonds is 4. The van der Waals surface area contributed by atoms with Gasteiger partial charge in [-0.1, -0.05) is 18.2 Å². The molecule has 0 aliphatic rings. The van der Waals surface area contributed by atoms with E-state index in [0.29, 0.717) is 12.0 Å². The number of anilines is 1. The summed E-state index contributed by atoms with van der Waals surface area (Å²) < 4.78 is 26.1. The second kappa shape index (κ2) is 5.96. The molecule has 0 unspecified atom stereocenters. The third-order valence-corrected chi connectivity index (χ3v) is 2.74. The summed E-state index contributed by atoms with van der Waals surface area (Å²) in [5.74, 6) is -1.14. The van der Waals surface area contributed by atoms with E-state index >= 15 is 0 Å². The summed E-state index contributed by atoms with van der Waals surface area (Å²) in [5.41, 5.74) is 2.16. The van der Waals surface area contributed by atoms with Gasteiger partial charge in [-0.15, -0.1) is 0 Å². The molecule has 1 N–H and O–H groups in total. The summed E-state index contributed by atoms with van der Waals surface area (Å²) in [5, 5.41) is 11.6. The molecule has 96 valence electrons. The van der Waals surface area contributed by atoms with Gasteiger partial charge in [-0.2, -0.15) is 5.26 Å². The Morgan fingerprint density at radius 2 is 1.79 bits per heavy atom. The third-order valence-electron chi connectivity index (χ3n) is 2.74. The zero-order valence-corrected chi connectivity index (χ0v) is 10.2. The number of halogens is 2. The van der Waals surface area contributed by atoms with Crippen LogP contribution in [0.2, 0.25) is 0 Å². The Morgan fingerprint density at radius 1 is 1.05 bits per heavy atom. The maximum absolute atomic E-state index is 13.4. The van der Waals surface area contributed by atoms with E-state index < -0.39 is 11.6 Å². The lowest BCUT2D eigenvalue weighted by Gasteiger charge is -2.08. The van der Waals surface area contributed by atoms with Gasteiger partial charge < -0.3 is 5.32 Å². The molecule has 0 aliphatic heterocycles. The summed E-state index contributed by atoms with van der Waals surface area (Å²) in [7, 11) is 0. The van der Waals surface area contributed by atoms with Crippen LogP contribution in [0.1, 0.15) is 11.1 Å². The average molecular weight is 258 g/mol. The fraction of sp³-hybridized carbons (Fsp3) is 0.133. The van der Waals surface area contributed by atoms with Crippen molar-refractivity contribution in [3.63, 3.8) is 0 Å². The Balaban J connectivity index is 2.00. The molecule has 0 saturated heterocycles. The van der Waals surface area contributed by atoms with Crippen LogP contribution >= 0.6 is 0 Å². The second-order valence-electron chi connectivity index (χ2n) is 4.12. The van der Waals surface area contributed by atoms with E-state index in [1.54, 1.807) is 0 Å². The van der Waals surface area contributed by atoms with Gasteiger partial charge in [0.15, 0.2) is 0 Å². The molecule has 0 amide bonds. The Kier molecular flexibility index (Phi) is 4.09. The van der Waals surface area contributed by atoms with Crippen LogP contribution in [0, 0.1) is 23.0 Å². The first-order chi connectivity index (χ1) is 9.19. The van der Waals surface area contributed by atoms with E-state index in [1.165, 1.54) is 12.1 Å². The van der Waals surface area contributed by atoms with Crippen LogP contribution in [0.4, 0.5) is 14.5 Å². The van der Waals surface area contributed by atoms with Gasteiger partial charge in [0.1, 0.15) is 11.6 Å². The van der Waals surface area contributed by atoms with Crippen molar-refractivity contribution in [3.8, 4) is 6.07 Å². The molecule has 0 heterocycles. The molecule has 0 fully saturated rings. The Bertz CT molecular complexity index is 601. The van der Waals surface area contributed by atoms with E-state index in [0.717, 1.165) is 17.3 Å². The molecule has 2 nitrogen and oxygen atoms in total. The molecule has 2 aromatic rings. The number of hydrogen-bond acceptors (Lipinski definition) is 2. The molecule has 19 heavy (non-hydrogen) atoms. The summed E-state index contributed by atoms with van der Waals surface area (Å²) in [6.07, 6.45) is 0.368. The second-order valence-corrected chi connectivity index (χ2v) is 4.12. The molecule has 0 aliphatic carbocycles. The summed E-state index contributed by atoms with van der Waals surface area (Å²) in [6.45, 7) is 0.281. The molecule has 2 rings (SSSR count). The molecule has 0 saturated carbocycles.